The highest BCUT2D eigenvalue weighted by molar-refractivity contribution is 7.98. The van der Waals surface area contributed by atoms with Crippen LogP contribution in [-0.4, -0.2) is 56.0 Å². The molecule has 0 radical (unpaired) electrons. The van der Waals surface area contributed by atoms with Gasteiger partial charge in [-0.1, -0.05) is 42.5 Å². The van der Waals surface area contributed by atoms with E-state index in [0.717, 1.165) is 22.6 Å². The normalized spacial score (nSPS) is 15.1. The zero-order valence-corrected chi connectivity index (χ0v) is 21.7. The number of benzene rings is 3. The molecule has 0 aromatic heterocycles. The summed E-state index contributed by atoms with van der Waals surface area (Å²) in [7, 11) is -3.14. The number of hydrogen-bond acceptors (Lipinski definition) is 5. The molecule has 184 valence electrons. The first-order valence-corrected chi connectivity index (χ1v) is 14.5. The molecule has 4 rings (SSSR count). The Hall–Kier alpha value is -2.65. The highest BCUT2D eigenvalue weighted by Gasteiger charge is 2.23. The summed E-state index contributed by atoms with van der Waals surface area (Å²) in [6.45, 7) is 5.05. The first kappa shape index (κ1) is 25.4. The van der Waals surface area contributed by atoms with E-state index in [4.69, 9.17) is 0 Å². The molecule has 1 aliphatic heterocycles. The Bertz CT molecular complexity index is 1270. The number of rotatable bonds is 8. The number of carbonyl (C=O) groups excluding carboxylic acids is 1. The monoisotopic (exact) mass is 509 g/mol. The number of amides is 1. The van der Waals surface area contributed by atoms with Crippen molar-refractivity contribution < 1.29 is 13.2 Å². The fourth-order valence-corrected chi connectivity index (χ4v) is 5.81. The lowest BCUT2D eigenvalue weighted by atomic mass is 10.1. The van der Waals surface area contributed by atoms with Crippen LogP contribution in [0.25, 0.3) is 0 Å². The van der Waals surface area contributed by atoms with Gasteiger partial charge < -0.3 is 5.32 Å². The Labute approximate surface area is 212 Å². The molecule has 6 nitrogen and oxygen atoms in total. The van der Waals surface area contributed by atoms with Gasteiger partial charge in [-0.2, -0.15) is 4.31 Å². The van der Waals surface area contributed by atoms with Gasteiger partial charge in [0.2, 0.25) is 10.0 Å². The number of thioether (sulfide) groups is 1. The number of piperazine rings is 1. The number of carbonyl (C=O) groups is 1. The second-order valence-electron chi connectivity index (χ2n) is 8.84. The standard InChI is InChI=1S/C27H31N3O3S2/c1-21-17-23(20-34-25-9-4-3-5-10-25)11-12-26(21)28-27(31)24-8-6-7-22(18-24)19-29-13-15-30(16-14-29)35(2,32)33/h3-12,17-18H,13-16,19-20H2,1-2H3,(H,28,31). The van der Waals surface area contributed by atoms with Crippen LogP contribution in [0.1, 0.15) is 27.0 Å². The van der Waals surface area contributed by atoms with Crippen molar-refractivity contribution in [3.63, 3.8) is 0 Å². The van der Waals surface area contributed by atoms with Gasteiger partial charge in [0, 0.05) is 54.6 Å². The van der Waals surface area contributed by atoms with Crippen molar-refractivity contribution in [3.8, 4) is 0 Å². The van der Waals surface area contributed by atoms with Crippen molar-refractivity contribution in [3.05, 3.63) is 95.1 Å². The zero-order chi connectivity index (χ0) is 24.8. The predicted molar refractivity (Wildman–Crippen MR) is 143 cm³/mol. The van der Waals surface area contributed by atoms with Crippen molar-refractivity contribution in [1.29, 1.82) is 0 Å². The number of nitrogens with one attached hydrogen (secondary N) is 1. The molecule has 1 N–H and O–H groups in total. The van der Waals surface area contributed by atoms with Crippen LogP contribution in [0.15, 0.2) is 77.7 Å². The molecule has 0 saturated carbocycles. The number of hydrogen-bond donors (Lipinski definition) is 1. The molecule has 0 atom stereocenters. The third kappa shape index (κ3) is 7.18. The van der Waals surface area contributed by atoms with Crippen LogP contribution >= 0.6 is 11.8 Å². The quantitative estimate of drug-likeness (QED) is 0.449. The van der Waals surface area contributed by atoms with Gasteiger partial charge in [-0.25, -0.2) is 8.42 Å². The van der Waals surface area contributed by atoms with Crippen LogP contribution in [-0.2, 0) is 22.3 Å². The fraction of sp³-hybridized carbons (Fsp3) is 0.296. The molecule has 0 aliphatic carbocycles. The maximum Gasteiger partial charge on any atom is 0.255 e. The van der Waals surface area contributed by atoms with Gasteiger partial charge in [-0.3, -0.25) is 9.69 Å². The van der Waals surface area contributed by atoms with Crippen molar-refractivity contribution in [2.75, 3.05) is 37.8 Å². The first-order chi connectivity index (χ1) is 16.8. The highest BCUT2D eigenvalue weighted by atomic mass is 32.2. The molecule has 1 heterocycles. The Morgan fingerprint density at radius 2 is 1.66 bits per heavy atom. The molecule has 0 spiro atoms. The van der Waals surface area contributed by atoms with Gasteiger partial charge in [0.15, 0.2) is 0 Å². The second-order valence-corrected chi connectivity index (χ2v) is 11.9. The number of sulfonamides is 1. The van der Waals surface area contributed by atoms with Gasteiger partial charge in [-0.15, -0.1) is 11.8 Å². The summed E-state index contributed by atoms with van der Waals surface area (Å²) >= 11 is 1.79. The summed E-state index contributed by atoms with van der Waals surface area (Å²) in [6, 6.07) is 24.1. The maximum absolute atomic E-state index is 13.0. The van der Waals surface area contributed by atoms with Gasteiger partial charge in [0.25, 0.3) is 5.91 Å². The van der Waals surface area contributed by atoms with Crippen molar-refractivity contribution in [2.45, 2.75) is 24.1 Å². The number of anilines is 1. The van der Waals surface area contributed by atoms with Crippen molar-refractivity contribution >= 4 is 33.4 Å². The van der Waals surface area contributed by atoms with E-state index >= 15 is 0 Å². The van der Waals surface area contributed by atoms with E-state index in [1.54, 1.807) is 11.8 Å². The summed E-state index contributed by atoms with van der Waals surface area (Å²) < 4.78 is 24.9. The molecule has 3 aromatic rings. The van der Waals surface area contributed by atoms with Crippen LogP contribution in [0.4, 0.5) is 5.69 Å². The minimum absolute atomic E-state index is 0.136. The largest absolute Gasteiger partial charge is 0.322 e. The lowest BCUT2D eigenvalue weighted by Crippen LogP contribution is -2.47. The lowest BCUT2D eigenvalue weighted by Gasteiger charge is -2.33. The smallest absolute Gasteiger partial charge is 0.255 e. The second kappa shape index (κ2) is 11.4. The van der Waals surface area contributed by atoms with Gasteiger partial charge in [0.1, 0.15) is 0 Å². The highest BCUT2D eigenvalue weighted by Crippen LogP contribution is 2.25. The van der Waals surface area contributed by atoms with Crippen molar-refractivity contribution in [1.82, 2.24) is 9.21 Å². The third-order valence-electron chi connectivity index (χ3n) is 6.08. The molecule has 0 bridgehead atoms. The predicted octanol–water partition coefficient (Wildman–Crippen LogP) is 4.62. The van der Waals surface area contributed by atoms with Crippen LogP contribution in [0, 0.1) is 6.92 Å². The van der Waals surface area contributed by atoms with E-state index in [1.807, 2.05) is 55.5 Å². The third-order valence-corrected chi connectivity index (χ3v) is 8.47. The van der Waals surface area contributed by atoms with E-state index in [-0.39, 0.29) is 5.91 Å². The Balaban J connectivity index is 1.34. The molecule has 8 heteroatoms. The first-order valence-electron chi connectivity index (χ1n) is 11.6. The average Bonchev–Trinajstić information content (AvgIpc) is 2.85. The SMILES string of the molecule is Cc1cc(CSc2ccccc2)ccc1NC(=O)c1cccc(CN2CCN(S(C)(=O)=O)CC2)c1. The topological polar surface area (TPSA) is 69.7 Å². The molecule has 1 saturated heterocycles. The van der Waals surface area contributed by atoms with E-state index in [2.05, 4.69) is 34.5 Å². The van der Waals surface area contributed by atoms with E-state index < -0.39 is 10.0 Å². The van der Waals surface area contributed by atoms with Crippen LogP contribution < -0.4 is 5.32 Å². The van der Waals surface area contributed by atoms with Crippen molar-refractivity contribution in [2.24, 2.45) is 0 Å². The van der Waals surface area contributed by atoms with Crippen LogP contribution in [0.3, 0.4) is 0 Å². The Morgan fingerprint density at radius 3 is 2.34 bits per heavy atom. The lowest BCUT2D eigenvalue weighted by molar-refractivity contribution is 0.102. The molecule has 1 aliphatic rings. The minimum atomic E-state index is -3.14. The zero-order valence-electron chi connectivity index (χ0n) is 20.1. The van der Waals surface area contributed by atoms with Gasteiger partial charge >= 0.3 is 0 Å². The molecule has 1 amide bonds. The maximum atomic E-state index is 13.0. The van der Waals surface area contributed by atoms with Gasteiger partial charge in [0.05, 0.1) is 6.26 Å². The fourth-order valence-electron chi connectivity index (χ4n) is 4.12. The van der Waals surface area contributed by atoms with E-state index in [1.165, 1.54) is 21.0 Å². The summed E-state index contributed by atoms with van der Waals surface area (Å²) in [6.07, 6.45) is 1.25. The average molecular weight is 510 g/mol. The molecule has 0 unspecified atom stereocenters. The van der Waals surface area contributed by atoms with E-state index in [0.29, 0.717) is 38.3 Å². The summed E-state index contributed by atoms with van der Waals surface area (Å²) in [5.74, 6) is 0.739. The van der Waals surface area contributed by atoms with Crippen LogP contribution in [0.5, 0.6) is 0 Å². The van der Waals surface area contributed by atoms with E-state index in [9.17, 15) is 13.2 Å². The van der Waals surface area contributed by atoms with Gasteiger partial charge in [-0.05, 0) is 53.9 Å². The molecular weight excluding hydrogens is 478 g/mol. The summed E-state index contributed by atoms with van der Waals surface area (Å²) in [5, 5.41) is 3.05. The minimum Gasteiger partial charge on any atom is -0.322 e. The molecule has 35 heavy (non-hydrogen) atoms. The molecular formula is C27H31N3O3S2. The Morgan fingerprint density at radius 1 is 0.914 bits per heavy atom. The molecule has 3 aromatic carbocycles. The summed E-state index contributed by atoms with van der Waals surface area (Å²) in [4.78, 5) is 16.4. The summed E-state index contributed by atoms with van der Waals surface area (Å²) in [5.41, 5.74) is 4.71. The molecule has 1 fully saturated rings. The Kier molecular flexibility index (Phi) is 8.28. The number of aryl methyl sites for hydroxylation is 1. The number of nitrogens with zero attached hydrogens (tertiary/aromatic N) is 2. The van der Waals surface area contributed by atoms with Crippen LogP contribution in [0.2, 0.25) is 0 Å².